The first-order valence-electron chi connectivity index (χ1n) is 14.3. The van der Waals surface area contributed by atoms with Gasteiger partial charge in [0.1, 0.15) is 5.52 Å². The van der Waals surface area contributed by atoms with E-state index in [1.165, 1.54) is 0 Å². The van der Waals surface area contributed by atoms with E-state index in [9.17, 15) is 14.4 Å². The zero-order valence-electron chi connectivity index (χ0n) is 25.0. The summed E-state index contributed by atoms with van der Waals surface area (Å²) in [6.07, 6.45) is 4.35. The number of ether oxygens (including phenoxy) is 3. The van der Waals surface area contributed by atoms with Crippen LogP contribution in [0, 0.1) is 0 Å². The zero-order valence-corrected chi connectivity index (χ0v) is 25.0. The summed E-state index contributed by atoms with van der Waals surface area (Å²) in [5.74, 6) is 0.791. The lowest BCUT2D eigenvalue weighted by Crippen LogP contribution is -2.48. The van der Waals surface area contributed by atoms with E-state index in [1.54, 1.807) is 37.2 Å². The third-order valence-electron chi connectivity index (χ3n) is 6.57. The number of carbonyl (C=O) groups excluding carboxylic acids is 3. The van der Waals surface area contributed by atoms with Crippen molar-refractivity contribution < 1.29 is 28.6 Å². The largest absolute Gasteiger partial charge is 0.468 e. The predicted octanol–water partition coefficient (Wildman–Crippen LogP) is 4.10. The highest BCUT2D eigenvalue weighted by molar-refractivity contribution is 5.96. The molecule has 1 aliphatic rings. The molecule has 4 aromatic rings. The molecule has 1 aliphatic heterocycles. The van der Waals surface area contributed by atoms with Gasteiger partial charge in [-0.05, 0) is 50.6 Å². The number of anilines is 1. The van der Waals surface area contributed by atoms with Gasteiger partial charge in [0.15, 0.2) is 5.82 Å². The highest BCUT2D eigenvalue weighted by Crippen LogP contribution is 2.32. The molecular formula is C30H36N8O6. The Morgan fingerprint density at radius 2 is 1.70 bits per heavy atom. The smallest absolute Gasteiger partial charge is 0.413 e. The Morgan fingerprint density at radius 1 is 0.955 bits per heavy atom. The fourth-order valence-corrected chi connectivity index (χ4v) is 4.51. The van der Waals surface area contributed by atoms with Gasteiger partial charge in [0.25, 0.3) is 6.47 Å². The van der Waals surface area contributed by atoms with Crippen LogP contribution in [0.5, 0.6) is 0 Å². The van der Waals surface area contributed by atoms with Gasteiger partial charge in [0.05, 0.1) is 31.0 Å². The minimum Gasteiger partial charge on any atom is -0.468 e. The lowest BCUT2D eigenvalue weighted by molar-refractivity contribution is -0.128. The normalized spacial score (nSPS) is 13.0. The second kappa shape index (κ2) is 15.9. The maximum atomic E-state index is 11.9. The highest BCUT2D eigenvalue weighted by atomic mass is 16.6. The van der Waals surface area contributed by atoms with E-state index >= 15 is 0 Å². The van der Waals surface area contributed by atoms with E-state index in [4.69, 9.17) is 14.5 Å². The SMILES string of the molecule is CCOC(=O)Nc1nc2c(-c3ncccn3)cc(-c3ccc(CN4CCN(C(=O)OCC)CC4)nc3)cc2[nH]1.CCOC=O. The lowest BCUT2D eigenvalue weighted by Gasteiger charge is -2.33. The van der Waals surface area contributed by atoms with E-state index in [-0.39, 0.29) is 18.6 Å². The second-order valence-corrected chi connectivity index (χ2v) is 9.48. The van der Waals surface area contributed by atoms with Gasteiger partial charge in [0, 0.05) is 62.4 Å². The third-order valence-corrected chi connectivity index (χ3v) is 6.57. The summed E-state index contributed by atoms with van der Waals surface area (Å²) in [5, 5.41) is 2.62. The molecule has 4 heterocycles. The number of piperazine rings is 1. The number of pyridine rings is 1. The van der Waals surface area contributed by atoms with Crippen molar-refractivity contribution in [1.82, 2.24) is 34.7 Å². The van der Waals surface area contributed by atoms with Gasteiger partial charge in [-0.2, -0.15) is 0 Å². The number of aromatic amines is 1. The quantitative estimate of drug-likeness (QED) is 0.209. The summed E-state index contributed by atoms with van der Waals surface area (Å²) < 4.78 is 14.2. The number of imidazole rings is 1. The van der Waals surface area contributed by atoms with Crippen LogP contribution in [0.25, 0.3) is 33.5 Å². The molecule has 2 N–H and O–H groups in total. The number of nitrogens with one attached hydrogen (secondary N) is 2. The molecular weight excluding hydrogens is 568 g/mol. The summed E-state index contributed by atoms with van der Waals surface area (Å²) in [7, 11) is 0. The molecule has 1 fully saturated rings. The van der Waals surface area contributed by atoms with Crippen molar-refractivity contribution in [3.05, 3.63) is 54.6 Å². The molecule has 0 bridgehead atoms. The Balaban J connectivity index is 0.000000818. The fourth-order valence-electron chi connectivity index (χ4n) is 4.51. The molecule has 3 aromatic heterocycles. The molecule has 1 aromatic carbocycles. The number of nitrogens with zero attached hydrogens (tertiary/aromatic N) is 6. The predicted molar refractivity (Wildman–Crippen MR) is 163 cm³/mol. The monoisotopic (exact) mass is 604 g/mol. The van der Waals surface area contributed by atoms with Crippen molar-refractivity contribution in [2.24, 2.45) is 0 Å². The van der Waals surface area contributed by atoms with E-state index in [2.05, 4.69) is 34.9 Å². The Hall–Kier alpha value is -5.11. The van der Waals surface area contributed by atoms with Gasteiger partial charge < -0.3 is 24.1 Å². The van der Waals surface area contributed by atoms with E-state index < -0.39 is 6.09 Å². The van der Waals surface area contributed by atoms with Crippen molar-refractivity contribution in [1.29, 1.82) is 0 Å². The van der Waals surface area contributed by atoms with Gasteiger partial charge in [-0.25, -0.2) is 24.5 Å². The number of benzene rings is 1. The summed E-state index contributed by atoms with van der Waals surface area (Å²) >= 11 is 0. The van der Waals surface area contributed by atoms with Crippen LogP contribution >= 0.6 is 0 Å². The number of hydrogen-bond acceptors (Lipinski definition) is 11. The van der Waals surface area contributed by atoms with Crippen LogP contribution in [0.4, 0.5) is 15.5 Å². The molecule has 14 heteroatoms. The average Bonchev–Trinajstić information content (AvgIpc) is 3.45. The van der Waals surface area contributed by atoms with Crippen LogP contribution in [-0.4, -0.2) is 99.4 Å². The Kier molecular flexibility index (Phi) is 11.5. The maximum absolute atomic E-state index is 11.9. The summed E-state index contributed by atoms with van der Waals surface area (Å²) in [6.45, 7) is 10.4. The average molecular weight is 605 g/mol. The second-order valence-electron chi connectivity index (χ2n) is 9.48. The van der Waals surface area contributed by atoms with Gasteiger partial charge in [-0.1, -0.05) is 6.07 Å². The minimum absolute atomic E-state index is 0.252. The Morgan fingerprint density at radius 3 is 2.32 bits per heavy atom. The number of fused-ring (bicyclic) bond motifs is 1. The van der Waals surface area contributed by atoms with Gasteiger partial charge >= 0.3 is 12.2 Å². The molecule has 0 unspecified atom stereocenters. The van der Waals surface area contributed by atoms with Crippen LogP contribution in [0.15, 0.2) is 48.9 Å². The Bertz CT molecular complexity index is 1520. The summed E-state index contributed by atoms with van der Waals surface area (Å²) in [4.78, 5) is 58.3. The van der Waals surface area contributed by atoms with Crippen LogP contribution in [0.2, 0.25) is 0 Å². The molecule has 14 nitrogen and oxygen atoms in total. The zero-order chi connectivity index (χ0) is 31.3. The molecule has 2 amide bonds. The van der Waals surface area contributed by atoms with Crippen molar-refractivity contribution in [2.45, 2.75) is 27.3 Å². The topological polar surface area (TPSA) is 165 Å². The lowest BCUT2D eigenvalue weighted by atomic mass is 10.0. The van der Waals surface area contributed by atoms with Crippen molar-refractivity contribution in [3.63, 3.8) is 0 Å². The summed E-state index contributed by atoms with van der Waals surface area (Å²) in [5.41, 5.74) is 4.82. The molecule has 232 valence electrons. The van der Waals surface area contributed by atoms with Gasteiger partial charge in [-0.3, -0.25) is 20.0 Å². The van der Waals surface area contributed by atoms with Crippen molar-refractivity contribution in [3.8, 4) is 22.5 Å². The van der Waals surface area contributed by atoms with Gasteiger partial charge in [-0.15, -0.1) is 0 Å². The van der Waals surface area contributed by atoms with Crippen molar-refractivity contribution >= 4 is 35.6 Å². The van der Waals surface area contributed by atoms with Crippen LogP contribution < -0.4 is 5.32 Å². The number of amides is 2. The minimum atomic E-state index is -0.587. The number of H-pyrrole nitrogens is 1. The van der Waals surface area contributed by atoms with Crippen LogP contribution in [0.1, 0.15) is 26.5 Å². The van der Waals surface area contributed by atoms with Crippen molar-refractivity contribution in [2.75, 3.05) is 51.3 Å². The molecule has 1 saturated heterocycles. The van der Waals surface area contributed by atoms with Crippen LogP contribution in [-0.2, 0) is 25.5 Å². The molecule has 0 saturated carbocycles. The molecule has 0 spiro atoms. The fraction of sp³-hybridized carbons (Fsp3) is 0.367. The molecule has 0 atom stereocenters. The molecule has 44 heavy (non-hydrogen) atoms. The maximum Gasteiger partial charge on any atom is 0.413 e. The van der Waals surface area contributed by atoms with Crippen LogP contribution in [0.3, 0.4) is 0 Å². The van der Waals surface area contributed by atoms with E-state index in [1.807, 2.05) is 37.4 Å². The number of hydrogen-bond donors (Lipinski definition) is 2. The Labute approximate surface area is 254 Å². The van der Waals surface area contributed by atoms with Gasteiger partial charge in [0.2, 0.25) is 5.95 Å². The summed E-state index contributed by atoms with van der Waals surface area (Å²) in [6, 6.07) is 9.72. The number of carbonyl (C=O) groups is 3. The standard InChI is InChI=1S/C27H30N8O4.C3H6O2/c1-3-38-26(36)33-25-31-22-15-19(14-21(23(22)32-25)24-28-8-5-9-29-24)18-6-7-20(30-16-18)17-34-10-12-35(13-11-34)27(37)39-4-2;1-2-5-3-4/h5-9,14-16H,3-4,10-13,17H2,1-2H3,(H2,31,32,33,36);3H,2H2,1H3. The first kappa shape index (κ1) is 31.8. The first-order chi connectivity index (χ1) is 21.4. The van der Waals surface area contributed by atoms with E-state index in [0.717, 1.165) is 35.5 Å². The third kappa shape index (κ3) is 8.47. The first-order valence-corrected chi connectivity index (χ1v) is 14.3. The number of rotatable bonds is 9. The van der Waals surface area contributed by atoms with E-state index in [0.29, 0.717) is 56.2 Å². The highest BCUT2D eigenvalue weighted by Gasteiger charge is 2.22. The molecule has 0 radical (unpaired) electrons. The molecule has 0 aliphatic carbocycles. The number of aromatic nitrogens is 5. The molecule has 5 rings (SSSR count).